The zero-order valence-electron chi connectivity index (χ0n) is 63.1. The SMILES string of the molecule is CCCCCC/C=C\C=C/CCCCCCCC(=O)OC[C@H](COP(=O)(O)OC[C@@H](O)COP(=O)(O)OC[C@@H](COC(=O)CCCCCCCCC(C)C)OC(=O)CCCCCCC/C=C\C=C/CCCCCC)OC(=O)CCCCCCCCCCCCCCCCCCC(C)C. The standard InChI is InChI=1S/C79H146O17P2/c1-7-9-11-13-15-17-19-21-25-30-34-38-42-49-55-61-76(81)89-67-74(95-78(83)63-58-52-44-40-36-32-28-24-23-27-29-33-37-41-47-53-59-71(3)4)69-93-97(85,86)91-65-73(80)66-92-98(87,88)94-70-75(68-90-77(82)62-56-50-46-45-48-54-60-72(5)6)96-79(84)64-57-51-43-39-35-31-26-22-20-18-16-14-12-10-8-2/h17-22,25-26,71-75,80H,7-16,23-24,27-70H2,1-6H3,(H,85,86)(H,87,88)/b19-17-,20-18-,25-21-,26-22-/t73-,74-,75-/m1/s1. The van der Waals surface area contributed by atoms with Crippen molar-refractivity contribution in [3.8, 4) is 0 Å². The third kappa shape index (κ3) is 71.4. The summed E-state index contributed by atoms with van der Waals surface area (Å²) >= 11 is 0. The van der Waals surface area contributed by atoms with Gasteiger partial charge in [0.25, 0.3) is 0 Å². The van der Waals surface area contributed by atoms with E-state index in [-0.39, 0.29) is 25.7 Å². The second-order valence-electron chi connectivity index (χ2n) is 28.0. The van der Waals surface area contributed by atoms with Gasteiger partial charge in [-0.05, 0) is 88.9 Å². The van der Waals surface area contributed by atoms with E-state index in [4.69, 9.17) is 37.0 Å². The van der Waals surface area contributed by atoms with Crippen LogP contribution in [0, 0.1) is 11.8 Å². The van der Waals surface area contributed by atoms with Gasteiger partial charge in [-0.15, -0.1) is 0 Å². The molecule has 0 bridgehead atoms. The van der Waals surface area contributed by atoms with Crippen molar-refractivity contribution in [3.05, 3.63) is 48.6 Å². The van der Waals surface area contributed by atoms with Crippen molar-refractivity contribution in [3.63, 3.8) is 0 Å². The van der Waals surface area contributed by atoms with Crippen molar-refractivity contribution in [2.45, 2.75) is 381 Å². The Balaban J connectivity index is 5.29. The Morgan fingerprint density at radius 2 is 0.551 bits per heavy atom. The molecule has 0 heterocycles. The summed E-state index contributed by atoms with van der Waals surface area (Å²) in [5.74, 6) is -0.695. The van der Waals surface area contributed by atoms with Gasteiger partial charge in [-0.3, -0.25) is 37.3 Å². The number of hydrogen-bond donors (Lipinski definition) is 3. The molecule has 574 valence electrons. The van der Waals surface area contributed by atoms with Gasteiger partial charge in [0.2, 0.25) is 0 Å². The van der Waals surface area contributed by atoms with Crippen molar-refractivity contribution in [2.24, 2.45) is 11.8 Å². The highest BCUT2D eigenvalue weighted by Gasteiger charge is 2.30. The second kappa shape index (κ2) is 69.7. The summed E-state index contributed by atoms with van der Waals surface area (Å²) in [5.41, 5.74) is 0. The minimum Gasteiger partial charge on any atom is -0.462 e. The van der Waals surface area contributed by atoms with E-state index in [1.807, 2.05) is 0 Å². The lowest BCUT2D eigenvalue weighted by atomic mass is 10.0. The van der Waals surface area contributed by atoms with E-state index < -0.39 is 97.5 Å². The Bertz CT molecular complexity index is 2080. The van der Waals surface area contributed by atoms with E-state index in [1.165, 1.54) is 141 Å². The second-order valence-corrected chi connectivity index (χ2v) is 30.9. The zero-order valence-corrected chi connectivity index (χ0v) is 64.8. The van der Waals surface area contributed by atoms with E-state index in [0.717, 1.165) is 134 Å². The van der Waals surface area contributed by atoms with E-state index in [1.54, 1.807) is 0 Å². The van der Waals surface area contributed by atoms with Crippen LogP contribution in [-0.4, -0.2) is 96.7 Å². The summed E-state index contributed by atoms with van der Waals surface area (Å²) in [6.45, 7) is 9.42. The van der Waals surface area contributed by atoms with E-state index in [2.05, 4.69) is 90.2 Å². The molecule has 0 radical (unpaired) electrons. The molecule has 0 aromatic heterocycles. The van der Waals surface area contributed by atoms with Crippen LogP contribution in [0.15, 0.2) is 48.6 Å². The van der Waals surface area contributed by atoms with Gasteiger partial charge >= 0.3 is 39.5 Å². The fourth-order valence-corrected chi connectivity index (χ4v) is 12.7. The average Bonchev–Trinajstić information content (AvgIpc) is 0.940. The van der Waals surface area contributed by atoms with Gasteiger partial charge in [0, 0.05) is 25.7 Å². The van der Waals surface area contributed by atoms with Crippen LogP contribution in [-0.2, 0) is 65.4 Å². The molecule has 0 amide bonds. The largest absolute Gasteiger partial charge is 0.472 e. The van der Waals surface area contributed by atoms with Crippen molar-refractivity contribution < 1.29 is 80.2 Å². The summed E-state index contributed by atoms with van der Waals surface area (Å²) in [5, 5.41) is 10.6. The molecule has 0 spiro atoms. The Hall–Kier alpha value is -2.98. The number of aliphatic hydroxyl groups is 1. The van der Waals surface area contributed by atoms with Gasteiger partial charge in [-0.2, -0.15) is 0 Å². The molecule has 98 heavy (non-hydrogen) atoms. The van der Waals surface area contributed by atoms with E-state index in [9.17, 15) is 43.2 Å². The summed E-state index contributed by atoms with van der Waals surface area (Å²) in [6.07, 6.45) is 64.2. The molecule has 0 fully saturated rings. The molecule has 5 atom stereocenters. The quantitative estimate of drug-likeness (QED) is 0.0169. The summed E-state index contributed by atoms with van der Waals surface area (Å²) in [6, 6.07) is 0. The number of esters is 4. The lowest BCUT2D eigenvalue weighted by molar-refractivity contribution is -0.161. The van der Waals surface area contributed by atoms with Crippen molar-refractivity contribution in [1.82, 2.24) is 0 Å². The molecule has 3 N–H and O–H groups in total. The number of unbranched alkanes of at least 4 members (excludes halogenated alkanes) is 38. The fraction of sp³-hybridized carbons (Fsp3) is 0.848. The number of carbonyl (C=O) groups excluding carboxylic acids is 4. The first-order valence-corrected chi connectivity index (χ1v) is 42.6. The van der Waals surface area contributed by atoms with Crippen molar-refractivity contribution >= 4 is 39.5 Å². The molecule has 0 aliphatic rings. The van der Waals surface area contributed by atoms with Crippen molar-refractivity contribution in [1.29, 1.82) is 0 Å². The van der Waals surface area contributed by atoms with Gasteiger partial charge < -0.3 is 33.8 Å². The predicted octanol–water partition coefficient (Wildman–Crippen LogP) is 22.6. The maximum Gasteiger partial charge on any atom is 0.472 e. The van der Waals surface area contributed by atoms with Gasteiger partial charge in [0.05, 0.1) is 26.4 Å². The van der Waals surface area contributed by atoms with Crippen LogP contribution in [0.25, 0.3) is 0 Å². The van der Waals surface area contributed by atoms with Crippen LogP contribution in [0.3, 0.4) is 0 Å². The van der Waals surface area contributed by atoms with Gasteiger partial charge in [-0.25, -0.2) is 9.13 Å². The first kappa shape index (κ1) is 95.0. The molecular weight excluding hydrogens is 1280 g/mol. The highest BCUT2D eigenvalue weighted by Crippen LogP contribution is 2.45. The number of carbonyl (C=O) groups is 4. The predicted molar refractivity (Wildman–Crippen MR) is 400 cm³/mol. The third-order valence-corrected chi connectivity index (χ3v) is 19.1. The Labute approximate surface area is 597 Å². The molecule has 0 aromatic carbocycles. The first-order valence-electron chi connectivity index (χ1n) is 39.6. The van der Waals surface area contributed by atoms with E-state index in [0.29, 0.717) is 31.6 Å². The summed E-state index contributed by atoms with van der Waals surface area (Å²) in [4.78, 5) is 72.8. The molecule has 0 saturated heterocycles. The van der Waals surface area contributed by atoms with Crippen LogP contribution in [0.1, 0.15) is 363 Å². The monoisotopic (exact) mass is 1430 g/mol. The lowest BCUT2D eigenvalue weighted by Gasteiger charge is -2.21. The van der Waals surface area contributed by atoms with Gasteiger partial charge in [-0.1, -0.05) is 308 Å². The maximum absolute atomic E-state index is 13.1. The van der Waals surface area contributed by atoms with Gasteiger partial charge in [0.1, 0.15) is 19.3 Å². The molecule has 17 nitrogen and oxygen atoms in total. The smallest absolute Gasteiger partial charge is 0.462 e. The molecule has 2 unspecified atom stereocenters. The number of phosphoric acid groups is 2. The molecule has 0 aromatic rings. The number of allylic oxidation sites excluding steroid dienone is 8. The topological polar surface area (TPSA) is 237 Å². The number of hydrogen-bond acceptors (Lipinski definition) is 15. The lowest BCUT2D eigenvalue weighted by Crippen LogP contribution is -2.30. The Morgan fingerprint density at radius 1 is 0.316 bits per heavy atom. The van der Waals surface area contributed by atoms with Crippen molar-refractivity contribution in [2.75, 3.05) is 39.6 Å². The Kier molecular flexibility index (Phi) is 67.6. The molecule has 19 heteroatoms. The third-order valence-electron chi connectivity index (χ3n) is 17.2. The van der Waals surface area contributed by atoms with E-state index >= 15 is 0 Å². The molecule has 0 aliphatic heterocycles. The molecular formula is C79H146O17P2. The number of ether oxygens (including phenoxy) is 4. The normalized spacial score (nSPS) is 14.3. The zero-order chi connectivity index (χ0) is 72.1. The van der Waals surface area contributed by atoms with Crippen LogP contribution >= 0.6 is 15.6 Å². The molecule has 0 saturated carbocycles. The van der Waals surface area contributed by atoms with Crippen LogP contribution in [0.5, 0.6) is 0 Å². The number of rotatable bonds is 74. The maximum atomic E-state index is 13.1. The highest BCUT2D eigenvalue weighted by molar-refractivity contribution is 7.47. The number of phosphoric ester groups is 2. The highest BCUT2D eigenvalue weighted by atomic mass is 31.2. The van der Waals surface area contributed by atoms with Crippen LogP contribution in [0.4, 0.5) is 0 Å². The fourth-order valence-electron chi connectivity index (χ4n) is 11.1. The minimum absolute atomic E-state index is 0.0816. The minimum atomic E-state index is -4.97. The summed E-state index contributed by atoms with van der Waals surface area (Å²) < 4.78 is 68.5. The molecule has 0 rings (SSSR count). The first-order chi connectivity index (χ1) is 47.4. The van der Waals surface area contributed by atoms with Crippen LogP contribution < -0.4 is 0 Å². The average molecular weight is 1430 g/mol. The summed E-state index contributed by atoms with van der Waals surface area (Å²) in [7, 11) is -9.94. The number of aliphatic hydroxyl groups excluding tert-OH is 1. The molecule has 0 aliphatic carbocycles. The van der Waals surface area contributed by atoms with Gasteiger partial charge in [0.15, 0.2) is 12.2 Å². The Morgan fingerprint density at radius 3 is 0.827 bits per heavy atom. The van der Waals surface area contributed by atoms with Crippen LogP contribution in [0.2, 0.25) is 0 Å².